The van der Waals surface area contributed by atoms with E-state index >= 15 is 0 Å². The second kappa shape index (κ2) is 7.35. The molecule has 0 bridgehead atoms. The predicted molar refractivity (Wildman–Crippen MR) is 108 cm³/mol. The van der Waals surface area contributed by atoms with Crippen LogP contribution in [0.5, 0.6) is 0 Å². The molecule has 1 saturated heterocycles. The fraction of sp³-hybridized carbons (Fsp3) is 0.500. The average Bonchev–Trinajstić information content (AvgIpc) is 3.16. The zero-order valence-corrected chi connectivity index (χ0v) is 16.6. The van der Waals surface area contributed by atoms with Gasteiger partial charge in [-0.3, -0.25) is 9.69 Å². The topological polar surface area (TPSA) is 80.3 Å². The molecule has 0 N–H and O–H groups in total. The van der Waals surface area contributed by atoms with Crippen molar-refractivity contribution in [2.24, 2.45) is 0 Å². The highest BCUT2D eigenvalue weighted by Gasteiger charge is 2.22. The van der Waals surface area contributed by atoms with Crippen LogP contribution in [0.1, 0.15) is 26.5 Å². The molecule has 3 aromatic rings. The zero-order valence-electron chi connectivity index (χ0n) is 16.6. The zero-order chi connectivity index (χ0) is 19.7. The molecule has 0 radical (unpaired) electrons. The maximum absolute atomic E-state index is 12.2. The van der Waals surface area contributed by atoms with Crippen LogP contribution in [-0.2, 0) is 12.0 Å². The lowest BCUT2D eigenvalue weighted by molar-refractivity contribution is 0.241. The molecule has 0 aromatic carbocycles. The Morgan fingerprint density at radius 3 is 2.61 bits per heavy atom. The van der Waals surface area contributed by atoms with Crippen molar-refractivity contribution in [3.63, 3.8) is 0 Å². The maximum atomic E-state index is 12.2. The van der Waals surface area contributed by atoms with Crippen molar-refractivity contribution < 1.29 is 4.42 Å². The number of anilines is 1. The van der Waals surface area contributed by atoms with Crippen molar-refractivity contribution in [3.05, 3.63) is 46.7 Å². The summed E-state index contributed by atoms with van der Waals surface area (Å²) in [5.41, 5.74) is 1.60. The van der Waals surface area contributed by atoms with Crippen LogP contribution in [0.3, 0.4) is 0 Å². The van der Waals surface area contributed by atoms with Gasteiger partial charge in [0, 0.05) is 49.6 Å². The summed E-state index contributed by atoms with van der Waals surface area (Å²) in [5.74, 6) is 0.804. The maximum Gasteiger partial charge on any atom is 0.266 e. The van der Waals surface area contributed by atoms with Crippen LogP contribution in [-0.4, -0.2) is 57.6 Å². The Hall–Kier alpha value is -2.74. The lowest BCUT2D eigenvalue weighted by Gasteiger charge is -2.35. The van der Waals surface area contributed by atoms with Crippen LogP contribution in [0.2, 0.25) is 0 Å². The van der Waals surface area contributed by atoms with Crippen molar-refractivity contribution in [1.82, 2.24) is 24.9 Å². The van der Waals surface area contributed by atoms with Gasteiger partial charge in [-0.1, -0.05) is 20.8 Å². The highest BCUT2D eigenvalue weighted by Crippen LogP contribution is 2.25. The van der Waals surface area contributed by atoms with Gasteiger partial charge in [-0.05, 0) is 12.1 Å². The molecule has 4 heterocycles. The number of piperazine rings is 1. The quantitative estimate of drug-likeness (QED) is 0.682. The summed E-state index contributed by atoms with van der Waals surface area (Å²) in [6, 6.07) is 5.35. The van der Waals surface area contributed by atoms with Crippen molar-refractivity contribution in [1.29, 1.82) is 0 Å². The highest BCUT2D eigenvalue weighted by atomic mass is 16.3. The fourth-order valence-electron chi connectivity index (χ4n) is 3.43. The molecule has 0 aliphatic carbocycles. The molecule has 0 atom stereocenters. The Morgan fingerprint density at radius 1 is 1.07 bits per heavy atom. The van der Waals surface area contributed by atoms with Gasteiger partial charge in [-0.2, -0.15) is 10.2 Å². The van der Waals surface area contributed by atoms with Crippen LogP contribution in [0.4, 0.5) is 5.82 Å². The minimum absolute atomic E-state index is 0.0496. The van der Waals surface area contributed by atoms with Gasteiger partial charge in [0.25, 0.3) is 5.56 Å². The fourth-order valence-corrected chi connectivity index (χ4v) is 3.43. The van der Waals surface area contributed by atoms with E-state index in [1.54, 1.807) is 23.2 Å². The van der Waals surface area contributed by atoms with Crippen LogP contribution >= 0.6 is 0 Å². The summed E-state index contributed by atoms with van der Waals surface area (Å²) >= 11 is 0. The summed E-state index contributed by atoms with van der Waals surface area (Å²) in [4.78, 5) is 16.7. The summed E-state index contributed by atoms with van der Waals surface area (Å²) in [6.45, 7) is 11.2. The normalized spacial score (nSPS) is 16.0. The van der Waals surface area contributed by atoms with Gasteiger partial charge in [0.2, 0.25) is 0 Å². The van der Waals surface area contributed by atoms with Crippen LogP contribution in [0, 0.1) is 0 Å². The van der Waals surface area contributed by atoms with Gasteiger partial charge in [0.1, 0.15) is 0 Å². The molecule has 1 aliphatic rings. The number of aromatic nitrogens is 4. The number of fused-ring (bicyclic) bond motifs is 1. The van der Waals surface area contributed by atoms with Gasteiger partial charge >= 0.3 is 0 Å². The Labute approximate surface area is 163 Å². The first-order chi connectivity index (χ1) is 13.4. The van der Waals surface area contributed by atoms with Crippen molar-refractivity contribution in [3.8, 4) is 0 Å². The summed E-state index contributed by atoms with van der Waals surface area (Å²) in [7, 11) is 0. The molecule has 28 heavy (non-hydrogen) atoms. The Bertz CT molecular complexity index is 1010. The first-order valence-corrected chi connectivity index (χ1v) is 9.67. The van der Waals surface area contributed by atoms with E-state index in [9.17, 15) is 4.79 Å². The van der Waals surface area contributed by atoms with Crippen LogP contribution < -0.4 is 10.5 Å². The van der Waals surface area contributed by atoms with E-state index in [1.165, 1.54) is 0 Å². The molecule has 8 nitrogen and oxygen atoms in total. The van der Waals surface area contributed by atoms with Gasteiger partial charge < -0.3 is 9.32 Å². The molecule has 148 valence electrons. The lowest BCUT2D eigenvalue weighted by Crippen LogP contribution is -2.48. The van der Waals surface area contributed by atoms with E-state index in [1.807, 2.05) is 12.1 Å². The molecule has 1 fully saturated rings. The largest absolute Gasteiger partial charge is 0.460 e. The molecule has 3 aromatic heterocycles. The SMILES string of the molecule is CC(C)(C)c1ccc(=O)n(CCN2CCN(c3nncc4ccoc34)CC2)n1. The van der Waals surface area contributed by atoms with E-state index in [0.29, 0.717) is 6.54 Å². The first kappa shape index (κ1) is 18.6. The van der Waals surface area contributed by atoms with E-state index in [-0.39, 0.29) is 11.0 Å². The van der Waals surface area contributed by atoms with E-state index in [0.717, 1.165) is 55.2 Å². The van der Waals surface area contributed by atoms with Crippen molar-refractivity contribution >= 4 is 16.8 Å². The van der Waals surface area contributed by atoms with E-state index < -0.39 is 0 Å². The second-order valence-corrected chi connectivity index (χ2v) is 8.23. The summed E-state index contributed by atoms with van der Waals surface area (Å²) in [5, 5.41) is 13.9. The average molecular weight is 382 g/mol. The third-order valence-corrected chi connectivity index (χ3v) is 5.18. The van der Waals surface area contributed by atoms with Gasteiger partial charge in [0.05, 0.1) is 24.7 Å². The van der Waals surface area contributed by atoms with Crippen molar-refractivity contribution in [2.45, 2.75) is 32.7 Å². The molecule has 1 aliphatic heterocycles. The molecule has 0 unspecified atom stereocenters. The predicted octanol–water partition coefficient (Wildman–Crippen LogP) is 1.90. The molecular weight excluding hydrogens is 356 g/mol. The van der Waals surface area contributed by atoms with Crippen LogP contribution in [0.15, 0.2) is 39.9 Å². The van der Waals surface area contributed by atoms with Gasteiger partial charge in [0.15, 0.2) is 11.4 Å². The molecule has 8 heteroatoms. The highest BCUT2D eigenvalue weighted by molar-refractivity contribution is 5.86. The lowest BCUT2D eigenvalue weighted by atomic mass is 9.92. The summed E-state index contributed by atoms with van der Waals surface area (Å²) in [6.07, 6.45) is 3.39. The van der Waals surface area contributed by atoms with E-state index in [2.05, 4.69) is 45.9 Å². The molecule has 0 saturated carbocycles. The number of furan rings is 1. The Kier molecular flexibility index (Phi) is 4.89. The third-order valence-electron chi connectivity index (χ3n) is 5.18. The monoisotopic (exact) mass is 382 g/mol. The van der Waals surface area contributed by atoms with E-state index in [4.69, 9.17) is 4.42 Å². The van der Waals surface area contributed by atoms with Gasteiger partial charge in [-0.15, -0.1) is 5.10 Å². The smallest absolute Gasteiger partial charge is 0.266 e. The first-order valence-electron chi connectivity index (χ1n) is 9.67. The summed E-state index contributed by atoms with van der Waals surface area (Å²) < 4.78 is 7.17. The Morgan fingerprint density at radius 2 is 1.86 bits per heavy atom. The minimum atomic E-state index is -0.0744. The standard InChI is InChI=1S/C20H26N6O2/c1-20(2,3)16-4-5-17(27)26(23-16)12-9-24-7-10-25(11-8-24)19-18-15(6-13-28-18)14-21-22-19/h4-6,13-14H,7-12H2,1-3H3. The molecule has 0 spiro atoms. The third kappa shape index (κ3) is 3.77. The minimum Gasteiger partial charge on any atom is -0.460 e. The Balaban J connectivity index is 1.38. The van der Waals surface area contributed by atoms with Crippen LogP contribution in [0.25, 0.3) is 11.0 Å². The van der Waals surface area contributed by atoms with Crippen molar-refractivity contribution in [2.75, 3.05) is 37.6 Å². The molecule has 0 amide bonds. The molecule has 4 rings (SSSR count). The number of hydrogen-bond donors (Lipinski definition) is 0. The van der Waals surface area contributed by atoms with Gasteiger partial charge in [-0.25, -0.2) is 4.68 Å². The number of rotatable bonds is 4. The number of hydrogen-bond acceptors (Lipinski definition) is 7. The second-order valence-electron chi connectivity index (χ2n) is 8.23. The number of nitrogens with zero attached hydrogens (tertiary/aromatic N) is 6. The molecular formula is C20H26N6O2.